The molecule has 1 fully saturated rings. The second-order valence-corrected chi connectivity index (χ2v) is 4.79. The first-order chi connectivity index (χ1) is 10.1. The summed E-state index contributed by atoms with van der Waals surface area (Å²) in [4.78, 5) is 24.9. The Morgan fingerprint density at radius 1 is 1.43 bits per heavy atom. The lowest BCUT2D eigenvalue weighted by Crippen LogP contribution is -2.41. The van der Waals surface area contributed by atoms with E-state index in [0.29, 0.717) is 44.1 Å². The average Bonchev–Trinajstić information content (AvgIpc) is 2.52. The minimum Gasteiger partial charge on any atom is -0.379 e. The van der Waals surface area contributed by atoms with E-state index in [1.165, 1.54) is 6.07 Å². The molecule has 1 aliphatic heterocycles. The number of hydrogen-bond donors (Lipinski definition) is 1. The SMILES string of the molecule is CCCNc1c(C(=O)N2CCOCC2)cccc1[N+](=O)[O-]. The van der Waals surface area contributed by atoms with E-state index in [1.54, 1.807) is 17.0 Å². The number of anilines is 1. The summed E-state index contributed by atoms with van der Waals surface area (Å²) in [6.07, 6.45) is 0.817. The highest BCUT2D eigenvalue weighted by molar-refractivity contribution is 6.01. The molecule has 7 heteroatoms. The molecule has 0 atom stereocenters. The molecule has 1 N–H and O–H groups in total. The Morgan fingerprint density at radius 3 is 2.76 bits per heavy atom. The maximum atomic E-state index is 12.6. The molecule has 1 heterocycles. The summed E-state index contributed by atoms with van der Waals surface area (Å²) in [5.74, 6) is -0.194. The van der Waals surface area contributed by atoms with Crippen LogP contribution in [-0.2, 0) is 4.74 Å². The summed E-state index contributed by atoms with van der Waals surface area (Å²) in [5, 5.41) is 14.2. The van der Waals surface area contributed by atoms with Crippen LogP contribution in [-0.4, -0.2) is 48.6 Å². The molecule has 0 aliphatic carbocycles. The van der Waals surface area contributed by atoms with Gasteiger partial charge in [0.25, 0.3) is 11.6 Å². The molecule has 2 rings (SSSR count). The van der Waals surface area contributed by atoms with E-state index in [9.17, 15) is 14.9 Å². The maximum Gasteiger partial charge on any atom is 0.293 e. The van der Waals surface area contributed by atoms with Gasteiger partial charge < -0.3 is 15.0 Å². The third kappa shape index (κ3) is 3.49. The number of para-hydroxylation sites is 1. The van der Waals surface area contributed by atoms with Crippen molar-refractivity contribution in [3.05, 3.63) is 33.9 Å². The highest BCUT2D eigenvalue weighted by Crippen LogP contribution is 2.29. The summed E-state index contributed by atoms with van der Waals surface area (Å²) in [7, 11) is 0. The number of amides is 1. The fourth-order valence-corrected chi connectivity index (χ4v) is 2.24. The van der Waals surface area contributed by atoms with Gasteiger partial charge in [0.05, 0.1) is 23.7 Å². The first-order valence-electron chi connectivity index (χ1n) is 7.03. The first-order valence-corrected chi connectivity index (χ1v) is 7.03. The number of nitro benzene ring substituents is 1. The monoisotopic (exact) mass is 293 g/mol. The Morgan fingerprint density at radius 2 is 2.14 bits per heavy atom. The van der Waals surface area contributed by atoms with E-state index >= 15 is 0 Å². The molecule has 114 valence electrons. The normalized spacial score (nSPS) is 14.8. The van der Waals surface area contributed by atoms with Crippen LogP contribution in [0.2, 0.25) is 0 Å². The second-order valence-electron chi connectivity index (χ2n) is 4.79. The van der Waals surface area contributed by atoms with Gasteiger partial charge in [0.2, 0.25) is 0 Å². The van der Waals surface area contributed by atoms with E-state index in [4.69, 9.17) is 4.74 Å². The molecule has 1 saturated heterocycles. The van der Waals surface area contributed by atoms with Crippen molar-refractivity contribution in [1.82, 2.24) is 4.90 Å². The third-order valence-corrected chi connectivity index (χ3v) is 3.32. The number of rotatable bonds is 5. The molecule has 0 bridgehead atoms. The van der Waals surface area contributed by atoms with Crippen molar-refractivity contribution in [2.24, 2.45) is 0 Å². The highest BCUT2D eigenvalue weighted by atomic mass is 16.6. The van der Waals surface area contributed by atoms with Crippen molar-refractivity contribution in [3.63, 3.8) is 0 Å². The number of ether oxygens (including phenoxy) is 1. The third-order valence-electron chi connectivity index (χ3n) is 3.32. The van der Waals surface area contributed by atoms with Crippen LogP contribution in [0.15, 0.2) is 18.2 Å². The van der Waals surface area contributed by atoms with Gasteiger partial charge in [0.15, 0.2) is 0 Å². The molecule has 1 aromatic carbocycles. The molecule has 21 heavy (non-hydrogen) atoms. The minimum absolute atomic E-state index is 0.0671. The summed E-state index contributed by atoms with van der Waals surface area (Å²) in [6, 6.07) is 4.58. The van der Waals surface area contributed by atoms with E-state index < -0.39 is 4.92 Å². The predicted molar refractivity (Wildman–Crippen MR) is 78.6 cm³/mol. The van der Waals surface area contributed by atoms with Gasteiger partial charge in [-0.05, 0) is 12.5 Å². The van der Waals surface area contributed by atoms with Gasteiger partial charge in [0.1, 0.15) is 5.69 Å². The summed E-state index contributed by atoms with van der Waals surface area (Å²) in [5.41, 5.74) is 0.586. The first kappa shape index (κ1) is 15.2. The fraction of sp³-hybridized carbons (Fsp3) is 0.500. The van der Waals surface area contributed by atoms with Crippen LogP contribution >= 0.6 is 0 Å². The molecule has 0 radical (unpaired) electrons. The molecule has 1 amide bonds. The van der Waals surface area contributed by atoms with Crippen LogP contribution < -0.4 is 5.32 Å². The smallest absolute Gasteiger partial charge is 0.293 e. The standard InChI is InChI=1S/C14H19N3O4/c1-2-6-15-13-11(4-3-5-12(13)17(19)20)14(18)16-7-9-21-10-8-16/h3-5,15H,2,6-10H2,1H3. The molecule has 0 spiro atoms. The van der Waals surface area contributed by atoms with Crippen molar-refractivity contribution in [1.29, 1.82) is 0 Å². The highest BCUT2D eigenvalue weighted by Gasteiger charge is 2.25. The lowest BCUT2D eigenvalue weighted by Gasteiger charge is -2.27. The topological polar surface area (TPSA) is 84.7 Å². The largest absolute Gasteiger partial charge is 0.379 e. The van der Waals surface area contributed by atoms with Crippen LogP contribution in [0.25, 0.3) is 0 Å². The summed E-state index contributed by atoms with van der Waals surface area (Å²) >= 11 is 0. The van der Waals surface area contributed by atoms with Crippen LogP contribution in [0.1, 0.15) is 23.7 Å². The van der Waals surface area contributed by atoms with Gasteiger partial charge in [-0.25, -0.2) is 0 Å². The summed E-state index contributed by atoms with van der Waals surface area (Å²) in [6.45, 7) is 4.56. The van der Waals surface area contributed by atoms with Crippen molar-refractivity contribution in [2.75, 3.05) is 38.2 Å². The number of carbonyl (C=O) groups is 1. The lowest BCUT2D eigenvalue weighted by atomic mass is 10.1. The molecule has 0 aromatic heterocycles. The van der Waals surface area contributed by atoms with E-state index in [-0.39, 0.29) is 11.6 Å². The number of carbonyl (C=O) groups excluding carboxylic acids is 1. The van der Waals surface area contributed by atoms with Gasteiger partial charge in [-0.15, -0.1) is 0 Å². The Kier molecular flexibility index (Phi) is 5.10. The molecular formula is C14H19N3O4. The maximum absolute atomic E-state index is 12.6. The van der Waals surface area contributed by atoms with Crippen molar-refractivity contribution in [3.8, 4) is 0 Å². The van der Waals surface area contributed by atoms with Crippen LogP contribution in [0.3, 0.4) is 0 Å². The van der Waals surface area contributed by atoms with Crippen LogP contribution in [0, 0.1) is 10.1 Å². The van der Waals surface area contributed by atoms with Crippen molar-refractivity contribution < 1.29 is 14.5 Å². The molecule has 7 nitrogen and oxygen atoms in total. The minimum atomic E-state index is -0.464. The summed E-state index contributed by atoms with van der Waals surface area (Å²) < 4.78 is 5.23. The molecule has 0 saturated carbocycles. The van der Waals surface area contributed by atoms with E-state index in [2.05, 4.69) is 5.32 Å². The van der Waals surface area contributed by atoms with Crippen LogP contribution in [0.4, 0.5) is 11.4 Å². The number of morpholine rings is 1. The average molecular weight is 293 g/mol. The number of nitrogens with zero attached hydrogens (tertiary/aromatic N) is 2. The lowest BCUT2D eigenvalue weighted by molar-refractivity contribution is -0.384. The van der Waals surface area contributed by atoms with Gasteiger partial charge in [-0.2, -0.15) is 0 Å². The molecular weight excluding hydrogens is 274 g/mol. The Bertz CT molecular complexity index is 527. The predicted octanol–water partition coefficient (Wildman–Crippen LogP) is 1.89. The van der Waals surface area contributed by atoms with E-state index in [1.807, 2.05) is 6.92 Å². The number of nitro groups is 1. The van der Waals surface area contributed by atoms with Gasteiger partial charge in [-0.1, -0.05) is 13.0 Å². The van der Waals surface area contributed by atoms with Crippen LogP contribution in [0.5, 0.6) is 0 Å². The fourth-order valence-electron chi connectivity index (χ4n) is 2.24. The Hall–Kier alpha value is -2.15. The zero-order valence-corrected chi connectivity index (χ0v) is 12.0. The van der Waals surface area contributed by atoms with Gasteiger partial charge in [-0.3, -0.25) is 14.9 Å². The van der Waals surface area contributed by atoms with Crippen molar-refractivity contribution >= 4 is 17.3 Å². The number of nitrogens with one attached hydrogen (secondary N) is 1. The molecule has 0 unspecified atom stereocenters. The number of benzene rings is 1. The Balaban J connectivity index is 2.34. The molecule has 1 aromatic rings. The zero-order valence-electron chi connectivity index (χ0n) is 12.0. The van der Waals surface area contributed by atoms with Crippen molar-refractivity contribution in [2.45, 2.75) is 13.3 Å². The van der Waals surface area contributed by atoms with Gasteiger partial charge >= 0.3 is 0 Å². The number of hydrogen-bond acceptors (Lipinski definition) is 5. The molecule has 1 aliphatic rings. The second kappa shape index (κ2) is 7.03. The zero-order chi connectivity index (χ0) is 15.2. The van der Waals surface area contributed by atoms with E-state index in [0.717, 1.165) is 6.42 Å². The quantitative estimate of drug-likeness (QED) is 0.662. The Labute approximate surface area is 123 Å². The van der Waals surface area contributed by atoms with Gasteiger partial charge in [0, 0.05) is 25.7 Å².